The van der Waals surface area contributed by atoms with E-state index in [0.29, 0.717) is 15.6 Å². The standard InChI is InChI=1S/C23H17ClN2O4S/c1-13-11-16(14(2)25(13)18-7-3-15(4-8-18)22(28)29)12-20-21(27)26(23(30)31-20)19-9-5-17(24)6-10-19/h3-12H,1-2H3,(H,28,29). The van der Waals surface area contributed by atoms with Crippen LogP contribution in [0.2, 0.25) is 5.02 Å². The highest BCUT2D eigenvalue weighted by molar-refractivity contribution is 8.19. The Balaban J connectivity index is 1.67. The minimum Gasteiger partial charge on any atom is -0.478 e. The highest BCUT2D eigenvalue weighted by atomic mass is 35.5. The number of aromatic nitrogens is 1. The summed E-state index contributed by atoms with van der Waals surface area (Å²) >= 11 is 6.79. The van der Waals surface area contributed by atoms with Crippen LogP contribution in [0.5, 0.6) is 0 Å². The second-order valence-corrected chi connectivity index (χ2v) is 8.44. The number of carbonyl (C=O) groups is 3. The summed E-state index contributed by atoms with van der Waals surface area (Å²) in [6.45, 7) is 3.84. The van der Waals surface area contributed by atoms with Crippen LogP contribution >= 0.6 is 23.4 Å². The number of carboxylic acids is 1. The van der Waals surface area contributed by atoms with Crippen molar-refractivity contribution in [3.05, 3.63) is 87.0 Å². The Morgan fingerprint density at radius 2 is 1.61 bits per heavy atom. The van der Waals surface area contributed by atoms with Gasteiger partial charge in [0.1, 0.15) is 0 Å². The van der Waals surface area contributed by atoms with E-state index in [1.165, 1.54) is 0 Å². The SMILES string of the molecule is Cc1cc(C=C2SC(=O)N(c3ccc(Cl)cc3)C2=O)c(C)n1-c1ccc(C(=O)O)cc1. The first kappa shape index (κ1) is 21.0. The molecule has 1 aromatic heterocycles. The Morgan fingerprint density at radius 1 is 1.00 bits per heavy atom. The molecule has 8 heteroatoms. The summed E-state index contributed by atoms with van der Waals surface area (Å²) < 4.78 is 1.97. The Morgan fingerprint density at radius 3 is 2.23 bits per heavy atom. The molecule has 0 radical (unpaired) electrons. The molecule has 2 aromatic carbocycles. The lowest BCUT2D eigenvalue weighted by Gasteiger charge is -2.12. The molecule has 3 aromatic rings. The van der Waals surface area contributed by atoms with Gasteiger partial charge in [0, 0.05) is 22.1 Å². The lowest BCUT2D eigenvalue weighted by molar-refractivity contribution is -0.113. The van der Waals surface area contributed by atoms with Crippen molar-refractivity contribution in [3.8, 4) is 5.69 Å². The number of hydrogen-bond acceptors (Lipinski definition) is 4. The van der Waals surface area contributed by atoms with Crippen molar-refractivity contribution in [1.82, 2.24) is 4.57 Å². The van der Waals surface area contributed by atoms with Gasteiger partial charge in [0.2, 0.25) is 0 Å². The van der Waals surface area contributed by atoms with Gasteiger partial charge < -0.3 is 9.67 Å². The average molecular weight is 453 g/mol. The normalized spacial score (nSPS) is 15.2. The molecule has 2 amide bonds. The Hall–Kier alpha value is -3.29. The van der Waals surface area contributed by atoms with E-state index < -0.39 is 5.97 Å². The predicted molar refractivity (Wildman–Crippen MR) is 122 cm³/mol. The van der Waals surface area contributed by atoms with Crippen molar-refractivity contribution in [3.63, 3.8) is 0 Å². The number of aryl methyl sites for hydroxylation is 1. The van der Waals surface area contributed by atoms with Gasteiger partial charge in [0.05, 0.1) is 16.2 Å². The zero-order valence-electron chi connectivity index (χ0n) is 16.6. The Kier molecular flexibility index (Phi) is 5.47. The second kappa shape index (κ2) is 8.09. The maximum atomic E-state index is 12.9. The summed E-state index contributed by atoms with van der Waals surface area (Å²) in [4.78, 5) is 37.9. The van der Waals surface area contributed by atoms with Crippen LogP contribution in [0.15, 0.2) is 59.5 Å². The zero-order chi connectivity index (χ0) is 22.3. The number of hydrogen-bond donors (Lipinski definition) is 1. The number of imide groups is 1. The molecule has 1 aliphatic rings. The van der Waals surface area contributed by atoms with Crippen molar-refractivity contribution in [2.45, 2.75) is 13.8 Å². The zero-order valence-corrected chi connectivity index (χ0v) is 18.2. The van der Waals surface area contributed by atoms with Crippen LogP contribution in [0.4, 0.5) is 10.5 Å². The third-order valence-electron chi connectivity index (χ3n) is 5.01. The van der Waals surface area contributed by atoms with Crippen LogP contribution in [0.25, 0.3) is 11.8 Å². The molecular weight excluding hydrogens is 436 g/mol. The summed E-state index contributed by atoms with van der Waals surface area (Å²) in [6.07, 6.45) is 1.71. The van der Waals surface area contributed by atoms with Crippen molar-refractivity contribution in [1.29, 1.82) is 0 Å². The summed E-state index contributed by atoms with van der Waals surface area (Å²) in [5, 5.41) is 9.25. The van der Waals surface area contributed by atoms with Gasteiger partial charge in [0.15, 0.2) is 0 Å². The van der Waals surface area contributed by atoms with E-state index in [1.54, 1.807) is 54.6 Å². The van der Waals surface area contributed by atoms with Crippen molar-refractivity contribution < 1.29 is 19.5 Å². The number of rotatable bonds is 4. The highest BCUT2D eigenvalue weighted by Crippen LogP contribution is 2.37. The molecule has 0 bridgehead atoms. The van der Waals surface area contributed by atoms with Crippen LogP contribution in [-0.2, 0) is 4.79 Å². The molecule has 1 fully saturated rings. The largest absolute Gasteiger partial charge is 0.478 e. The first-order valence-electron chi connectivity index (χ1n) is 9.32. The fourth-order valence-electron chi connectivity index (χ4n) is 3.51. The molecular formula is C23H17ClN2O4S. The fourth-order valence-corrected chi connectivity index (χ4v) is 4.46. The number of amides is 2. The van der Waals surface area contributed by atoms with Crippen molar-refractivity contribution in [2.75, 3.05) is 4.90 Å². The number of halogens is 1. The van der Waals surface area contributed by atoms with Gasteiger partial charge in [-0.3, -0.25) is 9.59 Å². The molecule has 4 rings (SSSR count). The minimum absolute atomic E-state index is 0.210. The van der Waals surface area contributed by atoms with Crippen LogP contribution in [0.1, 0.15) is 27.3 Å². The van der Waals surface area contributed by atoms with Crippen LogP contribution in [-0.4, -0.2) is 26.8 Å². The molecule has 6 nitrogen and oxygen atoms in total. The molecule has 1 aliphatic heterocycles. The summed E-state index contributed by atoms with van der Waals surface area (Å²) in [5.41, 5.74) is 4.10. The lowest BCUT2D eigenvalue weighted by atomic mass is 10.2. The monoisotopic (exact) mass is 452 g/mol. The van der Waals surface area contributed by atoms with Crippen LogP contribution in [0, 0.1) is 13.8 Å². The molecule has 1 N–H and O–H groups in total. The van der Waals surface area contributed by atoms with Gasteiger partial charge in [0.25, 0.3) is 11.1 Å². The fraction of sp³-hybridized carbons (Fsp3) is 0.0870. The van der Waals surface area contributed by atoms with Gasteiger partial charge >= 0.3 is 5.97 Å². The van der Waals surface area contributed by atoms with Gasteiger partial charge in [-0.05, 0) is 91.8 Å². The molecule has 1 saturated heterocycles. The van der Waals surface area contributed by atoms with Gasteiger partial charge in [-0.1, -0.05) is 11.6 Å². The third-order valence-corrected chi connectivity index (χ3v) is 6.13. The predicted octanol–water partition coefficient (Wildman–Crippen LogP) is 5.69. The quantitative estimate of drug-likeness (QED) is 0.514. The summed E-state index contributed by atoms with van der Waals surface area (Å²) in [7, 11) is 0. The van der Waals surface area contributed by atoms with E-state index in [-0.39, 0.29) is 16.7 Å². The smallest absolute Gasteiger partial charge is 0.335 e. The Bertz CT molecular complexity index is 1240. The van der Waals surface area contributed by atoms with E-state index in [1.807, 2.05) is 24.5 Å². The highest BCUT2D eigenvalue weighted by Gasteiger charge is 2.36. The van der Waals surface area contributed by atoms with Crippen LogP contribution < -0.4 is 4.90 Å². The Labute approximate surface area is 187 Å². The average Bonchev–Trinajstić information content (AvgIpc) is 3.17. The number of carbonyl (C=O) groups excluding carboxylic acids is 2. The minimum atomic E-state index is -0.982. The number of carboxylic acid groups (broad SMARTS) is 1. The molecule has 0 spiro atoms. The third kappa shape index (κ3) is 3.89. The maximum Gasteiger partial charge on any atom is 0.335 e. The molecule has 0 saturated carbocycles. The first-order chi connectivity index (χ1) is 14.8. The summed E-state index contributed by atoms with van der Waals surface area (Å²) in [5.74, 6) is -1.36. The van der Waals surface area contributed by atoms with Crippen molar-refractivity contribution >= 4 is 52.2 Å². The summed E-state index contributed by atoms with van der Waals surface area (Å²) in [6, 6.07) is 15.0. The molecule has 31 heavy (non-hydrogen) atoms. The number of aromatic carboxylic acids is 1. The molecule has 0 atom stereocenters. The molecule has 156 valence electrons. The van der Waals surface area contributed by atoms with E-state index in [4.69, 9.17) is 16.7 Å². The van der Waals surface area contributed by atoms with Crippen molar-refractivity contribution in [2.24, 2.45) is 0 Å². The van der Waals surface area contributed by atoms with Gasteiger partial charge in [-0.2, -0.15) is 0 Å². The number of anilines is 1. The van der Waals surface area contributed by atoms with Crippen LogP contribution in [0.3, 0.4) is 0 Å². The van der Waals surface area contributed by atoms with Gasteiger partial charge in [-0.25, -0.2) is 9.69 Å². The molecule has 0 aliphatic carbocycles. The molecule has 2 heterocycles. The van der Waals surface area contributed by atoms with Gasteiger partial charge in [-0.15, -0.1) is 0 Å². The van der Waals surface area contributed by atoms with E-state index in [0.717, 1.165) is 39.3 Å². The van der Waals surface area contributed by atoms with E-state index in [9.17, 15) is 14.4 Å². The topological polar surface area (TPSA) is 79.6 Å². The number of nitrogens with zero attached hydrogens (tertiary/aromatic N) is 2. The second-order valence-electron chi connectivity index (χ2n) is 7.01. The first-order valence-corrected chi connectivity index (χ1v) is 10.5. The lowest BCUT2D eigenvalue weighted by Crippen LogP contribution is -2.27. The number of thioether (sulfide) groups is 1. The van der Waals surface area contributed by atoms with E-state index in [2.05, 4.69) is 0 Å². The molecule has 0 unspecified atom stereocenters. The van der Waals surface area contributed by atoms with E-state index >= 15 is 0 Å². The number of benzene rings is 2. The maximum absolute atomic E-state index is 12.9.